The number of aliphatic carboxylic acids is 1. The number of aromatic nitrogens is 2. The maximum Gasteiger partial charge on any atom is 0.255 e. The highest BCUT2D eigenvalue weighted by molar-refractivity contribution is 8.01. The van der Waals surface area contributed by atoms with Gasteiger partial charge < -0.3 is 14.5 Å². The lowest BCUT2D eigenvalue weighted by Gasteiger charge is -2.49. The molecule has 4 aromatic rings. The van der Waals surface area contributed by atoms with Gasteiger partial charge in [-0.2, -0.15) is 0 Å². The number of β-lactam (4-membered cyclic amide) rings is 1. The number of carboxylic acids is 1. The molecule has 7 nitrogen and oxygen atoms in total. The van der Waals surface area contributed by atoms with Crippen LogP contribution in [0.25, 0.3) is 0 Å². The number of benzene rings is 2. The summed E-state index contributed by atoms with van der Waals surface area (Å²) < 4.78 is 4.15. The number of hydrogen-bond acceptors (Lipinski definition) is 6. The number of nitrogens with zero attached hydrogens (tertiary/aromatic N) is 4. The number of rotatable bonds is 9. The first-order valence-electron chi connectivity index (χ1n) is 13.3. The molecule has 2 atom stereocenters. The van der Waals surface area contributed by atoms with Gasteiger partial charge in [-0.1, -0.05) is 60.7 Å². The fraction of sp³-hybridized carbons (Fsp3) is 0.188. The van der Waals surface area contributed by atoms with Crippen molar-refractivity contribution in [3.63, 3.8) is 0 Å². The maximum atomic E-state index is 13.1. The van der Waals surface area contributed by atoms with Gasteiger partial charge in [0.2, 0.25) is 0 Å². The summed E-state index contributed by atoms with van der Waals surface area (Å²) in [6.45, 7) is 1.52. The number of carboxylic acid groups (broad SMARTS) is 1. The summed E-state index contributed by atoms with van der Waals surface area (Å²) in [5, 5.41) is 12.5. The molecule has 4 heterocycles. The quantitative estimate of drug-likeness (QED) is 0.173. The highest BCUT2D eigenvalue weighted by Gasteiger charge is 2.52. The van der Waals surface area contributed by atoms with Crippen LogP contribution in [-0.4, -0.2) is 44.3 Å². The maximum absolute atomic E-state index is 13.1. The zero-order chi connectivity index (χ0) is 28.2. The third-order valence-electron chi connectivity index (χ3n) is 7.06. The lowest BCUT2D eigenvalue weighted by Crippen LogP contribution is -2.65. The van der Waals surface area contributed by atoms with E-state index in [0.29, 0.717) is 22.4 Å². The van der Waals surface area contributed by atoms with Crippen molar-refractivity contribution in [1.29, 1.82) is 0 Å². The van der Waals surface area contributed by atoms with Crippen LogP contribution in [0.1, 0.15) is 11.1 Å². The van der Waals surface area contributed by atoms with Gasteiger partial charge in [0.15, 0.2) is 25.0 Å². The van der Waals surface area contributed by atoms with E-state index in [0.717, 1.165) is 18.0 Å². The molecule has 41 heavy (non-hydrogen) atoms. The van der Waals surface area contributed by atoms with Crippen LogP contribution in [0.5, 0.6) is 0 Å². The second-order valence-corrected chi connectivity index (χ2v) is 12.1. The van der Waals surface area contributed by atoms with Crippen molar-refractivity contribution in [2.45, 2.75) is 29.4 Å². The first-order chi connectivity index (χ1) is 20.0. The van der Waals surface area contributed by atoms with Crippen LogP contribution in [-0.2, 0) is 22.7 Å². The van der Waals surface area contributed by atoms with Gasteiger partial charge in [-0.05, 0) is 23.3 Å². The van der Waals surface area contributed by atoms with Crippen molar-refractivity contribution in [1.82, 2.24) is 9.47 Å². The van der Waals surface area contributed by atoms with Crippen molar-refractivity contribution < 1.29 is 19.3 Å². The molecule has 0 bridgehead atoms. The fourth-order valence-corrected chi connectivity index (χ4v) is 7.31. The number of pyridine rings is 2. The molecule has 0 aliphatic carbocycles. The van der Waals surface area contributed by atoms with E-state index in [4.69, 9.17) is 0 Å². The molecule has 6 rings (SSSR count). The molecule has 0 unspecified atom stereocenters. The molecule has 1 saturated heterocycles. The van der Waals surface area contributed by atoms with Gasteiger partial charge in [0.25, 0.3) is 5.91 Å². The van der Waals surface area contributed by atoms with E-state index < -0.39 is 12.0 Å². The molecule has 2 aliphatic rings. The molecule has 206 valence electrons. The Labute approximate surface area is 246 Å². The summed E-state index contributed by atoms with van der Waals surface area (Å²) in [6, 6.07) is 27.6. The van der Waals surface area contributed by atoms with E-state index >= 15 is 0 Å². The predicted molar refractivity (Wildman–Crippen MR) is 157 cm³/mol. The van der Waals surface area contributed by atoms with Crippen molar-refractivity contribution in [2.24, 2.45) is 4.99 Å². The Kier molecular flexibility index (Phi) is 8.07. The van der Waals surface area contributed by atoms with Gasteiger partial charge in [-0.3, -0.25) is 14.7 Å². The zero-order valence-corrected chi connectivity index (χ0v) is 23.8. The van der Waals surface area contributed by atoms with Crippen LogP contribution in [0.2, 0.25) is 0 Å². The van der Waals surface area contributed by atoms with E-state index in [-0.39, 0.29) is 17.0 Å². The van der Waals surface area contributed by atoms with Crippen molar-refractivity contribution in [3.8, 4) is 0 Å². The van der Waals surface area contributed by atoms with Crippen molar-refractivity contribution in [2.75, 3.05) is 11.5 Å². The summed E-state index contributed by atoms with van der Waals surface area (Å²) in [5.74, 6) is -0.624. The molecule has 0 N–H and O–H groups in total. The van der Waals surface area contributed by atoms with Crippen LogP contribution in [0.3, 0.4) is 0 Å². The predicted octanol–water partition coefficient (Wildman–Crippen LogP) is 2.85. The molecule has 2 aromatic heterocycles. The number of carbonyl (C=O) groups excluding carboxylic acids is 2. The van der Waals surface area contributed by atoms with E-state index in [9.17, 15) is 14.7 Å². The van der Waals surface area contributed by atoms with Gasteiger partial charge in [-0.25, -0.2) is 4.57 Å². The molecule has 2 aliphatic heterocycles. The Morgan fingerprint density at radius 3 is 2.27 bits per heavy atom. The van der Waals surface area contributed by atoms with E-state index in [1.54, 1.807) is 23.5 Å². The average molecular weight is 581 g/mol. The minimum Gasteiger partial charge on any atom is -0.543 e. The van der Waals surface area contributed by atoms with Gasteiger partial charge in [0.05, 0.1) is 17.0 Å². The Morgan fingerprint density at radius 1 is 0.951 bits per heavy atom. The van der Waals surface area contributed by atoms with Crippen LogP contribution < -0.4 is 15.0 Å². The minimum absolute atomic E-state index is 0.00142. The minimum atomic E-state index is -1.31. The molecule has 1 amide bonds. The molecular weight excluding hydrogens is 553 g/mol. The summed E-state index contributed by atoms with van der Waals surface area (Å²) in [4.78, 5) is 32.3. The molecule has 1 fully saturated rings. The highest BCUT2D eigenvalue weighted by atomic mass is 32.2. The fourth-order valence-electron chi connectivity index (χ4n) is 4.95. The Balaban J connectivity index is 1.11. The third-order valence-corrected chi connectivity index (χ3v) is 9.49. The van der Waals surface area contributed by atoms with E-state index in [1.165, 1.54) is 16.0 Å². The van der Waals surface area contributed by atoms with Gasteiger partial charge in [-0.15, -0.1) is 23.5 Å². The monoisotopic (exact) mass is 580 g/mol. The molecule has 0 saturated carbocycles. The number of fused-ring (bicyclic) bond motifs is 1. The summed E-state index contributed by atoms with van der Waals surface area (Å²) >= 11 is 3.11. The molecule has 0 spiro atoms. The smallest absolute Gasteiger partial charge is 0.255 e. The largest absolute Gasteiger partial charge is 0.543 e. The summed E-state index contributed by atoms with van der Waals surface area (Å²) in [6.07, 6.45) is 7.92. The van der Waals surface area contributed by atoms with Crippen molar-refractivity contribution >= 4 is 35.4 Å². The normalized spacial score (nSPS) is 18.0. The lowest BCUT2D eigenvalue weighted by molar-refractivity contribution is -0.688. The van der Waals surface area contributed by atoms with Crippen LogP contribution in [0.15, 0.2) is 131 Å². The first-order valence-corrected chi connectivity index (χ1v) is 15.4. The Bertz CT molecular complexity index is 1630. The highest BCUT2D eigenvalue weighted by Crippen LogP contribution is 2.42. The third kappa shape index (κ3) is 6.16. The second kappa shape index (κ2) is 12.2. The van der Waals surface area contributed by atoms with E-state index in [2.05, 4.69) is 38.4 Å². The second-order valence-electron chi connectivity index (χ2n) is 9.92. The zero-order valence-electron chi connectivity index (χ0n) is 22.2. The van der Waals surface area contributed by atoms with Crippen LogP contribution >= 0.6 is 23.5 Å². The summed E-state index contributed by atoms with van der Waals surface area (Å²) in [7, 11) is 0. The molecular formula is C32H28N4O3S2. The van der Waals surface area contributed by atoms with Crippen LogP contribution in [0.4, 0.5) is 0 Å². The number of hydrogen-bond donors (Lipinski definition) is 0. The number of amides is 1. The first kappa shape index (κ1) is 27.1. The number of thioether (sulfide) groups is 2. The molecule has 0 radical (unpaired) electrons. The SMILES string of the molecule is O=C([O-])C1=C(CSc2cc[n+](Cc3ccccc3)cc2)CS[C@@H]2[C@H](N=c3ccn(Cc4ccccc4)cc3)C(=O)N12. The van der Waals surface area contributed by atoms with Gasteiger partial charge in [0.1, 0.15) is 5.37 Å². The Morgan fingerprint density at radius 2 is 1.61 bits per heavy atom. The van der Waals surface area contributed by atoms with Crippen molar-refractivity contribution in [3.05, 3.63) is 137 Å². The molecule has 9 heteroatoms. The summed E-state index contributed by atoms with van der Waals surface area (Å²) in [5.41, 5.74) is 3.12. The molecule has 2 aromatic carbocycles. The Hall–Kier alpha value is -4.08. The lowest BCUT2D eigenvalue weighted by atomic mass is 10.0. The topological polar surface area (TPSA) is 81.6 Å². The van der Waals surface area contributed by atoms with Gasteiger partial charge >= 0.3 is 0 Å². The van der Waals surface area contributed by atoms with Gasteiger partial charge in [0, 0.05) is 53.0 Å². The van der Waals surface area contributed by atoms with E-state index in [1.807, 2.05) is 85.5 Å². The van der Waals surface area contributed by atoms with Crippen LogP contribution in [0, 0.1) is 0 Å². The average Bonchev–Trinajstić information content (AvgIpc) is 3.00. The standard InChI is InChI=1S/C32H28N4O3S2/c37-30-28(33-26-11-15-34(16-12-26)19-23-7-3-1-4-8-23)31-36(30)29(32(38)39)25(22-41-31)21-40-27-13-17-35(18-14-27)20-24-9-5-2-6-10-24/h1-18,28,31H,19-22H2/t28-,31-/m1/s1. The number of carbonyl (C=O) groups is 2.